The summed E-state index contributed by atoms with van der Waals surface area (Å²) in [5, 5.41) is 0. The summed E-state index contributed by atoms with van der Waals surface area (Å²) in [6.07, 6.45) is 44.8. The Morgan fingerprint density at radius 3 is 1.67 bits per heavy atom. The summed E-state index contributed by atoms with van der Waals surface area (Å²) in [5.41, 5.74) is 0. The molecule has 0 amide bonds. The van der Waals surface area contributed by atoms with E-state index in [0.717, 1.165) is 70.6 Å². The summed E-state index contributed by atoms with van der Waals surface area (Å²) in [5.74, 6) is -0.382. The average molecular weight is 750 g/mol. The van der Waals surface area contributed by atoms with Gasteiger partial charge in [0, 0.05) is 13.0 Å². The third kappa shape index (κ3) is 39.2. The van der Waals surface area contributed by atoms with Gasteiger partial charge < -0.3 is 27.9 Å². The lowest BCUT2D eigenvalue weighted by atomic mass is 10.1. The number of quaternary nitrogens is 1. The Balaban J connectivity index is 4.39. The molecule has 8 nitrogen and oxygen atoms in total. The van der Waals surface area contributed by atoms with Gasteiger partial charge in [-0.2, -0.15) is 0 Å². The average Bonchev–Trinajstić information content (AvgIpc) is 3.09. The second-order valence-electron chi connectivity index (χ2n) is 14.3. The third-order valence-electron chi connectivity index (χ3n) is 7.99. The number of phosphoric acid groups is 1. The van der Waals surface area contributed by atoms with Crippen LogP contribution in [0.2, 0.25) is 0 Å². The molecule has 0 saturated heterocycles. The highest BCUT2D eigenvalue weighted by atomic mass is 31.2. The molecule has 0 saturated carbocycles. The second-order valence-corrected chi connectivity index (χ2v) is 15.7. The van der Waals surface area contributed by atoms with Crippen LogP contribution in [0.1, 0.15) is 136 Å². The van der Waals surface area contributed by atoms with Crippen molar-refractivity contribution in [1.29, 1.82) is 0 Å². The summed E-state index contributed by atoms with van der Waals surface area (Å²) in [6.45, 7) is 5.14. The van der Waals surface area contributed by atoms with Crippen molar-refractivity contribution in [3.05, 3.63) is 72.9 Å². The van der Waals surface area contributed by atoms with Crippen LogP contribution in [0.25, 0.3) is 0 Å². The van der Waals surface area contributed by atoms with Gasteiger partial charge in [-0.05, 0) is 77.0 Å². The van der Waals surface area contributed by atoms with E-state index in [1.807, 2.05) is 21.1 Å². The fourth-order valence-electron chi connectivity index (χ4n) is 4.85. The van der Waals surface area contributed by atoms with Crippen LogP contribution >= 0.6 is 7.82 Å². The number of nitrogens with zero attached hydrogens (tertiary/aromatic N) is 1. The Morgan fingerprint density at radius 2 is 1.12 bits per heavy atom. The van der Waals surface area contributed by atoms with E-state index in [0.29, 0.717) is 24.1 Å². The smallest absolute Gasteiger partial charge is 0.306 e. The maximum atomic E-state index is 12.6. The quantitative estimate of drug-likeness (QED) is 0.0207. The molecule has 52 heavy (non-hydrogen) atoms. The van der Waals surface area contributed by atoms with E-state index in [1.54, 1.807) is 0 Å². The first-order valence-corrected chi connectivity index (χ1v) is 21.6. The van der Waals surface area contributed by atoms with Gasteiger partial charge >= 0.3 is 5.97 Å². The molecule has 0 aliphatic heterocycles. The van der Waals surface area contributed by atoms with Crippen LogP contribution in [0.3, 0.4) is 0 Å². The van der Waals surface area contributed by atoms with Gasteiger partial charge in [-0.3, -0.25) is 9.36 Å². The molecule has 0 radical (unpaired) electrons. The van der Waals surface area contributed by atoms with Gasteiger partial charge in [0.2, 0.25) is 0 Å². The maximum Gasteiger partial charge on any atom is 0.306 e. The number of unbranched alkanes of at least 4 members (excludes halogenated alkanes) is 10. The van der Waals surface area contributed by atoms with Crippen molar-refractivity contribution in [1.82, 2.24) is 0 Å². The lowest BCUT2D eigenvalue weighted by Gasteiger charge is -2.28. The molecule has 0 aromatic heterocycles. The molecule has 9 heteroatoms. The molecule has 0 bridgehead atoms. The minimum absolute atomic E-state index is 0.0119. The second kappa shape index (κ2) is 35.9. The standard InChI is InChI=1S/C43H76NO7P/c1-6-8-10-12-14-16-18-20-22-24-26-28-30-32-34-36-43(45)51-42(41-50-52(46,47)49-39-37-44(3,4)5)40-48-38-35-33-31-29-27-25-23-21-19-17-15-13-11-9-7-2/h8,10,13-16,19-22,26,28,42H,6-7,9,11-12,17-18,23-25,27,29-41H2,1-5H3/b10-8-,15-13-,16-14-,21-19-,22-20-,28-26-. The van der Waals surface area contributed by atoms with Crippen molar-refractivity contribution in [2.75, 3.05) is 54.1 Å². The Morgan fingerprint density at radius 1 is 0.615 bits per heavy atom. The lowest BCUT2D eigenvalue weighted by molar-refractivity contribution is -0.870. The summed E-state index contributed by atoms with van der Waals surface area (Å²) < 4.78 is 34.4. The van der Waals surface area contributed by atoms with Crippen LogP contribution in [-0.2, 0) is 27.9 Å². The van der Waals surface area contributed by atoms with E-state index in [4.69, 9.17) is 18.5 Å². The highest BCUT2D eigenvalue weighted by Crippen LogP contribution is 2.38. The number of allylic oxidation sites excluding steroid dienone is 12. The zero-order chi connectivity index (χ0) is 38.4. The number of hydrogen-bond acceptors (Lipinski definition) is 7. The topological polar surface area (TPSA) is 94.1 Å². The minimum atomic E-state index is -4.54. The normalized spacial score (nSPS) is 14.7. The Kier molecular flexibility index (Phi) is 34.5. The van der Waals surface area contributed by atoms with E-state index in [1.165, 1.54) is 38.5 Å². The van der Waals surface area contributed by atoms with Crippen molar-refractivity contribution in [3.8, 4) is 0 Å². The SMILES string of the molecule is CC/C=C\C/C=C\C/C=C\C/C=C\CCCCC(=O)OC(COCCCCCCCC/C=C\C/C=C\CCCC)COP(=O)([O-])OCC[N+](C)(C)C. The number of ether oxygens (including phenoxy) is 2. The number of rotatable bonds is 36. The summed E-state index contributed by atoms with van der Waals surface area (Å²) in [7, 11) is 1.31. The highest BCUT2D eigenvalue weighted by Gasteiger charge is 2.20. The van der Waals surface area contributed by atoms with E-state index < -0.39 is 13.9 Å². The molecule has 300 valence electrons. The van der Waals surface area contributed by atoms with E-state index >= 15 is 0 Å². The van der Waals surface area contributed by atoms with E-state index in [2.05, 4.69) is 86.8 Å². The largest absolute Gasteiger partial charge is 0.756 e. The van der Waals surface area contributed by atoms with Gasteiger partial charge in [-0.15, -0.1) is 0 Å². The van der Waals surface area contributed by atoms with Crippen molar-refractivity contribution in [3.63, 3.8) is 0 Å². The van der Waals surface area contributed by atoms with E-state index in [9.17, 15) is 14.3 Å². The zero-order valence-electron chi connectivity index (χ0n) is 33.7. The van der Waals surface area contributed by atoms with Crippen LogP contribution in [-0.4, -0.2) is 70.7 Å². The molecule has 0 aromatic rings. The fourth-order valence-corrected chi connectivity index (χ4v) is 5.57. The van der Waals surface area contributed by atoms with Crippen LogP contribution in [0.15, 0.2) is 72.9 Å². The lowest BCUT2D eigenvalue weighted by Crippen LogP contribution is -2.37. The predicted octanol–water partition coefficient (Wildman–Crippen LogP) is 10.9. The molecule has 0 heterocycles. The number of carbonyl (C=O) groups is 1. The molecule has 0 aliphatic carbocycles. The number of phosphoric ester groups is 1. The van der Waals surface area contributed by atoms with Crippen molar-refractivity contribution < 1.29 is 37.3 Å². The summed E-state index contributed by atoms with van der Waals surface area (Å²) >= 11 is 0. The zero-order valence-corrected chi connectivity index (χ0v) is 34.6. The first-order chi connectivity index (χ1) is 25.1. The molecule has 0 aliphatic rings. The van der Waals surface area contributed by atoms with Gasteiger partial charge in [0.25, 0.3) is 7.82 Å². The van der Waals surface area contributed by atoms with Gasteiger partial charge in [0.1, 0.15) is 19.3 Å². The first-order valence-electron chi connectivity index (χ1n) is 20.2. The van der Waals surface area contributed by atoms with Crippen molar-refractivity contribution >= 4 is 13.8 Å². The molecule has 2 atom stereocenters. The van der Waals surface area contributed by atoms with Crippen molar-refractivity contribution in [2.24, 2.45) is 0 Å². The molecule has 2 unspecified atom stereocenters. The fraction of sp³-hybridized carbons (Fsp3) is 0.698. The number of likely N-dealkylation sites (N-methyl/N-ethyl adjacent to an activating group) is 1. The molecule has 0 fully saturated rings. The van der Waals surface area contributed by atoms with Crippen LogP contribution in [0.4, 0.5) is 0 Å². The van der Waals surface area contributed by atoms with Gasteiger partial charge in [0.05, 0.1) is 34.4 Å². The molecular weight excluding hydrogens is 673 g/mol. The molecular formula is C43H76NO7P. The Bertz CT molecular complexity index is 1060. The Labute approximate surface area is 319 Å². The third-order valence-corrected chi connectivity index (χ3v) is 8.96. The highest BCUT2D eigenvalue weighted by molar-refractivity contribution is 7.45. The van der Waals surface area contributed by atoms with Crippen molar-refractivity contribution in [2.45, 2.75) is 142 Å². The van der Waals surface area contributed by atoms with Crippen LogP contribution < -0.4 is 4.89 Å². The number of hydrogen-bond donors (Lipinski definition) is 0. The summed E-state index contributed by atoms with van der Waals surface area (Å²) in [4.78, 5) is 25.0. The monoisotopic (exact) mass is 750 g/mol. The number of esters is 1. The number of carbonyl (C=O) groups excluding carboxylic acids is 1. The minimum Gasteiger partial charge on any atom is -0.756 e. The molecule has 0 spiro atoms. The predicted molar refractivity (Wildman–Crippen MR) is 217 cm³/mol. The Hall–Kier alpha value is -2.06. The van der Waals surface area contributed by atoms with E-state index in [-0.39, 0.29) is 32.2 Å². The maximum absolute atomic E-state index is 12.6. The van der Waals surface area contributed by atoms with Crippen LogP contribution in [0.5, 0.6) is 0 Å². The van der Waals surface area contributed by atoms with Gasteiger partial charge in [-0.1, -0.05) is 125 Å². The van der Waals surface area contributed by atoms with Gasteiger partial charge in [-0.25, -0.2) is 0 Å². The van der Waals surface area contributed by atoms with Crippen LogP contribution in [0, 0.1) is 0 Å². The molecule has 0 aromatic carbocycles. The van der Waals surface area contributed by atoms with Gasteiger partial charge in [0.15, 0.2) is 0 Å². The first kappa shape index (κ1) is 49.9. The molecule has 0 rings (SSSR count). The molecule has 0 N–H and O–H groups in total. The summed E-state index contributed by atoms with van der Waals surface area (Å²) in [6, 6.07) is 0.